The Kier molecular flexibility index (Phi) is 7.52. The molecule has 0 aromatic heterocycles. The van der Waals surface area contributed by atoms with E-state index in [-0.39, 0.29) is 4.90 Å². The molecule has 0 fully saturated rings. The van der Waals surface area contributed by atoms with Crippen LogP contribution in [0.5, 0.6) is 0 Å². The van der Waals surface area contributed by atoms with Gasteiger partial charge < -0.3 is 10.1 Å². The molecular weight excluding hydrogens is 350 g/mol. The van der Waals surface area contributed by atoms with Crippen molar-refractivity contribution < 1.29 is 27.5 Å². The number of benzene rings is 1. The van der Waals surface area contributed by atoms with Crippen molar-refractivity contribution in [3.05, 3.63) is 30.3 Å². The smallest absolute Gasteiger partial charge is 0.324 e. The van der Waals surface area contributed by atoms with Gasteiger partial charge in [-0.2, -0.15) is 4.72 Å². The molecule has 0 radical (unpaired) electrons. The van der Waals surface area contributed by atoms with Crippen LogP contribution in [-0.4, -0.2) is 45.0 Å². The van der Waals surface area contributed by atoms with Crippen molar-refractivity contribution in [1.82, 2.24) is 15.4 Å². The number of carbonyl (C=O) groups is 3. The molecule has 3 N–H and O–H groups in total. The lowest BCUT2D eigenvalue weighted by Gasteiger charge is -2.17. The molecule has 25 heavy (non-hydrogen) atoms. The van der Waals surface area contributed by atoms with E-state index in [1.807, 2.05) is 5.32 Å². The van der Waals surface area contributed by atoms with Gasteiger partial charge in [0.25, 0.3) is 5.91 Å². The average Bonchev–Trinajstić information content (AvgIpc) is 2.55. The highest BCUT2D eigenvalue weighted by atomic mass is 32.2. The minimum atomic E-state index is -3.90. The molecule has 1 aromatic carbocycles. The Balaban J connectivity index is 2.62. The molecule has 0 aliphatic rings. The van der Waals surface area contributed by atoms with Gasteiger partial charge in [0.2, 0.25) is 10.0 Å². The lowest BCUT2D eigenvalue weighted by molar-refractivity contribution is -0.155. The summed E-state index contributed by atoms with van der Waals surface area (Å²) in [6.07, 6.45) is -1.27. The predicted octanol–water partition coefficient (Wildman–Crippen LogP) is 0.131. The Labute approximate surface area is 146 Å². The van der Waals surface area contributed by atoms with Crippen LogP contribution in [-0.2, 0) is 24.3 Å². The molecule has 0 bridgehead atoms. The van der Waals surface area contributed by atoms with Crippen molar-refractivity contribution in [3.63, 3.8) is 0 Å². The van der Waals surface area contributed by atoms with Crippen molar-refractivity contribution in [2.75, 3.05) is 6.54 Å². The molecule has 0 heterocycles. The molecule has 2 atom stereocenters. The van der Waals surface area contributed by atoms with Crippen LogP contribution in [0.2, 0.25) is 0 Å². The monoisotopic (exact) mass is 371 g/mol. The maximum absolute atomic E-state index is 12.1. The van der Waals surface area contributed by atoms with Gasteiger partial charge in [0.15, 0.2) is 6.10 Å². The van der Waals surface area contributed by atoms with E-state index in [0.717, 1.165) is 0 Å². The van der Waals surface area contributed by atoms with Gasteiger partial charge in [0.1, 0.15) is 6.04 Å². The zero-order valence-electron chi connectivity index (χ0n) is 14.1. The van der Waals surface area contributed by atoms with Gasteiger partial charge in [-0.3, -0.25) is 14.9 Å². The third-order valence-electron chi connectivity index (χ3n) is 2.98. The fourth-order valence-electron chi connectivity index (χ4n) is 1.70. The van der Waals surface area contributed by atoms with E-state index >= 15 is 0 Å². The zero-order valence-corrected chi connectivity index (χ0v) is 14.9. The minimum Gasteiger partial charge on any atom is -0.451 e. The number of sulfonamides is 1. The number of urea groups is 1. The van der Waals surface area contributed by atoms with E-state index in [4.69, 9.17) is 4.74 Å². The summed E-state index contributed by atoms with van der Waals surface area (Å²) in [5.74, 6) is -1.77. The fourth-order valence-corrected chi connectivity index (χ4v) is 2.91. The van der Waals surface area contributed by atoms with Gasteiger partial charge >= 0.3 is 12.0 Å². The molecule has 0 aliphatic heterocycles. The number of nitrogens with one attached hydrogen (secondary N) is 3. The fraction of sp³-hybridized carbons (Fsp3) is 0.400. The SMILES string of the molecule is CCNC(=O)NC(=O)C(C)OC(=O)C(C)NS(=O)(=O)c1ccccc1. The number of rotatable bonds is 7. The normalized spacial score (nSPS) is 13.4. The van der Waals surface area contributed by atoms with E-state index in [1.54, 1.807) is 25.1 Å². The van der Waals surface area contributed by atoms with Crippen LogP contribution >= 0.6 is 0 Å². The molecule has 9 nitrogen and oxygen atoms in total. The molecular formula is C15H21N3O6S. The Bertz CT molecular complexity index is 720. The zero-order chi connectivity index (χ0) is 19.0. The van der Waals surface area contributed by atoms with Crippen LogP contribution in [0.4, 0.5) is 4.79 Å². The summed E-state index contributed by atoms with van der Waals surface area (Å²) >= 11 is 0. The van der Waals surface area contributed by atoms with Crippen LogP contribution < -0.4 is 15.4 Å². The Morgan fingerprint density at radius 1 is 1.12 bits per heavy atom. The molecule has 0 spiro atoms. The highest BCUT2D eigenvalue weighted by Gasteiger charge is 2.26. The van der Waals surface area contributed by atoms with Gasteiger partial charge in [-0.15, -0.1) is 0 Å². The second kappa shape index (κ2) is 9.14. The van der Waals surface area contributed by atoms with Crippen LogP contribution in [0.3, 0.4) is 0 Å². The molecule has 2 unspecified atom stereocenters. The Morgan fingerprint density at radius 3 is 2.28 bits per heavy atom. The van der Waals surface area contributed by atoms with Gasteiger partial charge in [0.05, 0.1) is 4.90 Å². The average molecular weight is 371 g/mol. The molecule has 1 rings (SSSR count). The van der Waals surface area contributed by atoms with E-state index in [0.29, 0.717) is 6.54 Å². The summed E-state index contributed by atoms with van der Waals surface area (Å²) in [5.41, 5.74) is 0. The number of ether oxygens (including phenoxy) is 1. The summed E-state index contributed by atoms with van der Waals surface area (Å²) in [6.45, 7) is 4.56. The van der Waals surface area contributed by atoms with Crippen molar-refractivity contribution in [1.29, 1.82) is 0 Å². The largest absolute Gasteiger partial charge is 0.451 e. The number of esters is 1. The predicted molar refractivity (Wildman–Crippen MR) is 89.0 cm³/mol. The van der Waals surface area contributed by atoms with Gasteiger partial charge in [0, 0.05) is 6.54 Å². The number of hydrogen-bond acceptors (Lipinski definition) is 6. The van der Waals surface area contributed by atoms with E-state index in [1.165, 1.54) is 26.0 Å². The van der Waals surface area contributed by atoms with Crippen molar-refractivity contribution in [3.8, 4) is 0 Å². The van der Waals surface area contributed by atoms with Gasteiger partial charge in [-0.05, 0) is 32.9 Å². The first-order valence-corrected chi connectivity index (χ1v) is 9.02. The molecule has 10 heteroatoms. The van der Waals surface area contributed by atoms with E-state index in [9.17, 15) is 22.8 Å². The quantitative estimate of drug-likeness (QED) is 0.584. The summed E-state index contributed by atoms with van der Waals surface area (Å²) in [6, 6.07) is 5.58. The van der Waals surface area contributed by atoms with Crippen molar-refractivity contribution in [2.24, 2.45) is 0 Å². The van der Waals surface area contributed by atoms with E-state index < -0.39 is 40.1 Å². The Hall–Kier alpha value is -2.46. The molecule has 1 aromatic rings. The Morgan fingerprint density at radius 2 is 1.72 bits per heavy atom. The molecule has 0 saturated carbocycles. The first-order valence-electron chi connectivity index (χ1n) is 7.54. The van der Waals surface area contributed by atoms with E-state index in [2.05, 4.69) is 10.0 Å². The molecule has 0 saturated heterocycles. The molecule has 0 aliphatic carbocycles. The molecule has 138 valence electrons. The topological polar surface area (TPSA) is 131 Å². The molecule has 3 amide bonds. The summed E-state index contributed by atoms with van der Waals surface area (Å²) in [4.78, 5) is 34.9. The number of amides is 3. The lowest BCUT2D eigenvalue weighted by Crippen LogP contribution is -2.46. The second-order valence-corrected chi connectivity index (χ2v) is 6.80. The number of hydrogen-bond donors (Lipinski definition) is 3. The first kappa shape index (κ1) is 20.6. The van der Waals surface area contributed by atoms with Gasteiger partial charge in [-0.1, -0.05) is 18.2 Å². The highest BCUT2D eigenvalue weighted by Crippen LogP contribution is 2.08. The van der Waals surface area contributed by atoms with Crippen molar-refractivity contribution in [2.45, 2.75) is 37.8 Å². The lowest BCUT2D eigenvalue weighted by atomic mass is 10.3. The third kappa shape index (κ3) is 6.51. The number of imide groups is 1. The summed E-state index contributed by atoms with van der Waals surface area (Å²) in [7, 11) is -3.90. The third-order valence-corrected chi connectivity index (χ3v) is 4.53. The van der Waals surface area contributed by atoms with Crippen LogP contribution in [0.1, 0.15) is 20.8 Å². The number of carbonyl (C=O) groups excluding carboxylic acids is 3. The minimum absolute atomic E-state index is 0.00308. The summed E-state index contributed by atoms with van der Waals surface area (Å²) in [5, 5.41) is 4.35. The standard InChI is InChI=1S/C15H21N3O6S/c1-4-16-15(21)17-13(19)11(3)24-14(20)10(2)18-25(22,23)12-8-6-5-7-9-12/h5-11,18H,4H2,1-3H3,(H2,16,17,19,21). The van der Waals surface area contributed by atoms with Crippen LogP contribution in [0, 0.1) is 0 Å². The van der Waals surface area contributed by atoms with Crippen molar-refractivity contribution >= 4 is 27.9 Å². The van der Waals surface area contributed by atoms with Crippen LogP contribution in [0.25, 0.3) is 0 Å². The van der Waals surface area contributed by atoms with Crippen LogP contribution in [0.15, 0.2) is 35.2 Å². The second-order valence-electron chi connectivity index (χ2n) is 5.08. The summed E-state index contributed by atoms with van der Waals surface area (Å²) < 4.78 is 31.3. The maximum Gasteiger partial charge on any atom is 0.324 e. The van der Waals surface area contributed by atoms with Gasteiger partial charge in [-0.25, -0.2) is 13.2 Å². The maximum atomic E-state index is 12.1. The first-order chi connectivity index (χ1) is 11.7. The highest BCUT2D eigenvalue weighted by molar-refractivity contribution is 7.89.